The lowest BCUT2D eigenvalue weighted by atomic mass is 10.1. The molecule has 0 bridgehead atoms. The van der Waals surface area contributed by atoms with E-state index in [1.165, 1.54) is 12.1 Å². The zero-order valence-corrected chi connectivity index (χ0v) is 11.2. The quantitative estimate of drug-likeness (QED) is 0.805. The van der Waals surface area contributed by atoms with Crippen LogP contribution in [0, 0.1) is 6.92 Å². The maximum Gasteiger partial charge on any atom is 0.199 e. The molecule has 0 N–H and O–H groups in total. The predicted molar refractivity (Wildman–Crippen MR) is 72.8 cm³/mol. The van der Waals surface area contributed by atoms with Crippen LogP contribution in [0.3, 0.4) is 0 Å². The van der Waals surface area contributed by atoms with Crippen molar-refractivity contribution in [3.05, 3.63) is 71.1 Å². The van der Waals surface area contributed by atoms with E-state index in [2.05, 4.69) is 0 Å². The predicted octanol–water partition coefficient (Wildman–Crippen LogP) is 2.13. The molecule has 0 heterocycles. The molecule has 2 rings (SSSR count). The Morgan fingerprint density at radius 1 is 1.00 bits per heavy atom. The van der Waals surface area contributed by atoms with Gasteiger partial charge in [0.25, 0.3) is 0 Å². The molecule has 0 aliphatic rings. The summed E-state index contributed by atoms with van der Waals surface area (Å²) in [5.41, 5.74) is 1.16. The molecular formula is C15H13O3S-. The highest BCUT2D eigenvalue weighted by atomic mass is 32.2. The van der Waals surface area contributed by atoms with Gasteiger partial charge in [0.05, 0.1) is 4.90 Å². The fraction of sp³-hybridized carbons (Fsp3) is 0.0667. The topological polar surface area (TPSA) is 57.2 Å². The summed E-state index contributed by atoms with van der Waals surface area (Å²) in [5.74, 6) is -0.498. The minimum Gasteiger partial charge on any atom is -0.872 e. The zero-order chi connectivity index (χ0) is 13.9. The number of hydrogen-bond acceptors (Lipinski definition) is 3. The van der Waals surface area contributed by atoms with Gasteiger partial charge in [0.2, 0.25) is 0 Å². The first-order chi connectivity index (χ1) is 9.00. The Morgan fingerprint density at radius 3 is 2.21 bits per heavy atom. The number of rotatable bonds is 3. The van der Waals surface area contributed by atoms with Gasteiger partial charge in [-0.15, -0.1) is 0 Å². The minimum absolute atomic E-state index is 0.122. The second-order valence-corrected chi connectivity index (χ2v) is 5.95. The van der Waals surface area contributed by atoms with Crippen LogP contribution in [0.15, 0.2) is 64.9 Å². The molecule has 0 aliphatic carbocycles. The molecule has 0 radical (unpaired) electrons. The number of sulfone groups is 1. The highest BCUT2D eigenvalue weighted by Crippen LogP contribution is 2.18. The van der Waals surface area contributed by atoms with Gasteiger partial charge < -0.3 is 5.11 Å². The summed E-state index contributed by atoms with van der Waals surface area (Å²) >= 11 is 0. The Morgan fingerprint density at radius 2 is 1.58 bits per heavy atom. The van der Waals surface area contributed by atoms with Gasteiger partial charge in [0, 0.05) is 5.41 Å². The Kier molecular flexibility index (Phi) is 3.71. The van der Waals surface area contributed by atoms with Crippen molar-refractivity contribution in [1.29, 1.82) is 0 Å². The Hall–Kier alpha value is -2.07. The molecule has 0 saturated heterocycles. The molecule has 0 unspecified atom stereocenters. The molecule has 2 aromatic rings. The second-order valence-electron chi connectivity index (χ2n) is 4.16. The molecule has 3 nitrogen and oxygen atoms in total. The lowest BCUT2D eigenvalue weighted by molar-refractivity contribution is -0.243. The van der Waals surface area contributed by atoms with E-state index in [0.29, 0.717) is 5.56 Å². The van der Waals surface area contributed by atoms with Crippen LogP contribution in [0.25, 0.3) is 5.76 Å². The third kappa shape index (κ3) is 3.03. The minimum atomic E-state index is -3.70. The molecule has 0 fully saturated rings. The van der Waals surface area contributed by atoms with E-state index in [1.807, 2.05) is 0 Å². The summed E-state index contributed by atoms with van der Waals surface area (Å²) in [6, 6.07) is 14.8. The first kappa shape index (κ1) is 13.4. The summed E-state index contributed by atoms with van der Waals surface area (Å²) in [6.07, 6.45) is 0. The van der Waals surface area contributed by atoms with Crippen molar-refractivity contribution in [3.63, 3.8) is 0 Å². The van der Waals surface area contributed by atoms with Crippen LogP contribution >= 0.6 is 0 Å². The molecule has 19 heavy (non-hydrogen) atoms. The van der Waals surface area contributed by atoms with E-state index in [9.17, 15) is 13.5 Å². The van der Waals surface area contributed by atoms with E-state index >= 15 is 0 Å². The van der Waals surface area contributed by atoms with Gasteiger partial charge in [0.15, 0.2) is 9.84 Å². The van der Waals surface area contributed by atoms with Gasteiger partial charge in [-0.3, -0.25) is 0 Å². The highest BCUT2D eigenvalue weighted by molar-refractivity contribution is 7.94. The van der Waals surface area contributed by atoms with Gasteiger partial charge in [-0.25, -0.2) is 8.42 Å². The van der Waals surface area contributed by atoms with Crippen molar-refractivity contribution in [2.24, 2.45) is 0 Å². The summed E-state index contributed by atoms with van der Waals surface area (Å²) in [5, 5.41) is 12.8. The number of benzene rings is 2. The molecule has 98 valence electrons. The summed E-state index contributed by atoms with van der Waals surface area (Å²) < 4.78 is 24.1. The third-order valence-electron chi connectivity index (χ3n) is 2.74. The SMILES string of the molecule is Cc1ccccc1/C([O-])=C/S(=O)(=O)c1ccccc1. The smallest absolute Gasteiger partial charge is 0.199 e. The average molecular weight is 273 g/mol. The van der Waals surface area contributed by atoms with E-state index in [4.69, 9.17) is 0 Å². The van der Waals surface area contributed by atoms with E-state index in [1.54, 1.807) is 49.4 Å². The first-order valence-corrected chi connectivity index (χ1v) is 7.30. The molecular weight excluding hydrogens is 260 g/mol. The first-order valence-electron chi connectivity index (χ1n) is 5.75. The van der Waals surface area contributed by atoms with Crippen LogP contribution in [-0.2, 0) is 9.84 Å². The Balaban J connectivity index is 2.45. The van der Waals surface area contributed by atoms with Crippen LogP contribution in [0.2, 0.25) is 0 Å². The molecule has 4 heteroatoms. The van der Waals surface area contributed by atoms with Crippen LogP contribution in [-0.4, -0.2) is 8.42 Å². The molecule has 0 spiro atoms. The molecule has 2 aromatic carbocycles. The lowest BCUT2D eigenvalue weighted by Crippen LogP contribution is -2.08. The van der Waals surface area contributed by atoms with Gasteiger partial charge in [0.1, 0.15) is 0 Å². The average Bonchev–Trinajstić information content (AvgIpc) is 2.39. The van der Waals surface area contributed by atoms with Gasteiger partial charge in [-0.2, -0.15) is 0 Å². The molecule has 0 aromatic heterocycles. The highest BCUT2D eigenvalue weighted by Gasteiger charge is 2.10. The third-order valence-corrected chi connectivity index (χ3v) is 4.20. The summed E-state index contributed by atoms with van der Waals surface area (Å²) in [4.78, 5) is 0.122. The van der Waals surface area contributed by atoms with Crippen molar-refractivity contribution >= 4 is 15.6 Å². The fourth-order valence-corrected chi connectivity index (χ4v) is 2.81. The van der Waals surface area contributed by atoms with Crippen molar-refractivity contribution in [3.8, 4) is 0 Å². The van der Waals surface area contributed by atoms with Crippen LogP contribution < -0.4 is 5.11 Å². The van der Waals surface area contributed by atoms with Crippen molar-refractivity contribution in [2.75, 3.05) is 0 Å². The maximum absolute atomic E-state index is 12.1. The largest absolute Gasteiger partial charge is 0.872 e. The summed E-state index contributed by atoms with van der Waals surface area (Å²) in [6.45, 7) is 1.77. The van der Waals surface area contributed by atoms with E-state index < -0.39 is 15.6 Å². The molecule has 0 aliphatic heterocycles. The number of hydrogen-bond donors (Lipinski definition) is 0. The zero-order valence-electron chi connectivity index (χ0n) is 10.4. The van der Waals surface area contributed by atoms with Crippen LogP contribution in [0.1, 0.15) is 11.1 Å². The van der Waals surface area contributed by atoms with Crippen LogP contribution in [0.5, 0.6) is 0 Å². The van der Waals surface area contributed by atoms with Crippen molar-refractivity contribution in [2.45, 2.75) is 11.8 Å². The molecule has 0 amide bonds. The van der Waals surface area contributed by atoms with Crippen molar-refractivity contribution in [1.82, 2.24) is 0 Å². The second kappa shape index (κ2) is 5.28. The maximum atomic E-state index is 12.1. The van der Waals surface area contributed by atoms with E-state index in [-0.39, 0.29) is 4.90 Å². The van der Waals surface area contributed by atoms with Crippen LogP contribution in [0.4, 0.5) is 0 Å². The number of aryl methyl sites for hydroxylation is 1. The molecule has 0 saturated carbocycles. The Bertz CT molecular complexity index is 701. The fourth-order valence-electron chi connectivity index (χ4n) is 1.73. The van der Waals surface area contributed by atoms with E-state index in [0.717, 1.165) is 11.0 Å². The normalized spacial score (nSPS) is 12.4. The van der Waals surface area contributed by atoms with Gasteiger partial charge in [-0.05, 0) is 30.2 Å². The standard InChI is InChI=1S/C15H14O3S/c1-12-7-5-6-10-14(12)15(16)11-19(17,18)13-8-3-2-4-9-13/h2-11,16H,1H3/p-1/b15-11-. The monoisotopic (exact) mass is 273 g/mol. The Labute approximate surface area is 112 Å². The van der Waals surface area contributed by atoms with Gasteiger partial charge >= 0.3 is 0 Å². The lowest BCUT2D eigenvalue weighted by Gasteiger charge is -2.14. The van der Waals surface area contributed by atoms with Gasteiger partial charge in [-0.1, -0.05) is 48.2 Å². The van der Waals surface area contributed by atoms with Crippen molar-refractivity contribution < 1.29 is 13.5 Å². The molecule has 0 atom stereocenters. The summed E-state index contributed by atoms with van der Waals surface area (Å²) in [7, 11) is -3.70.